The molecule has 0 aromatic carbocycles. The lowest BCUT2D eigenvalue weighted by atomic mass is 10.4. The highest BCUT2D eigenvalue weighted by Crippen LogP contribution is 2.10. The van der Waals surface area contributed by atoms with E-state index in [2.05, 4.69) is 4.99 Å². The summed E-state index contributed by atoms with van der Waals surface area (Å²) in [5.41, 5.74) is 0. The van der Waals surface area contributed by atoms with E-state index >= 15 is 0 Å². The van der Waals surface area contributed by atoms with Crippen molar-refractivity contribution in [1.29, 1.82) is 0 Å². The lowest BCUT2D eigenvalue weighted by Gasteiger charge is -1.93. The zero-order chi connectivity index (χ0) is 7.68. The highest BCUT2D eigenvalue weighted by atomic mass is 16.5. The minimum Gasteiger partial charge on any atom is -0.470 e. The van der Waals surface area contributed by atoms with Crippen molar-refractivity contribution in [3.05, 3.63) is 24.2 Å². The first-order valence-corrected chi connectivity index (χ1v) is 3.29. The number of aliphatic hydroxyl groups is 1. The second-order valence-electron chi connectivity index (χ2n) is 2.20. The summed E-state index contributed by atoms with van der Waals surface area (Å²) in [4.78, 5) is 3.79. The minimum atomic E-state index is -0.741. The third-order valence-corrected chi connectivity index (χ3v) is 1.37. The molecule has 0 spiro atoms. The fraction of sp³-hybridized carbons (Fsp3) is 0.286. The summed E-state index contributed by atoms with van der Waals surface area (Å²) in [5.74, 6) is 0.934. The van der Waals surface area contributed by atoms with Crippen LogP contribution in [0, 0.1) is 0 Å². The van der Waals surface area contributed by atoms with E-state index in [1.165, 1.54) is 6.26 Å². The van der Waals surface area contributed by atoms with Crippen LogP contribution in [0.25, 0.3) is 0 Å². The molecule has 0 aliphatic carbocycles. The third kappa shape index (κ3) is 1.12. The smallest absolute Gasteiger partial charge is 0.255 e. The maximum absolute atomic E-state index is 8.94. The summed E-state index contributed by atoms with van der Waals surface area (Å²) in [6.45, 7) is 0.218. The van der Waals surface area contributed by atoms with E-state index in [9.17, 15) is 0 Å². The van der Waals surface area contributed by atoms with Crippen LogP contribution in [0.3, 0.4) is 0 Å². The van der Waals surface area contributed by atoms with Crippen molar-refractivity contribution in [3.63, 3.8) is 0 Å². The molecule has 2 rings (SSSR count). The molecule has 0 saturated heterocycles. The predicted octanol–water partition coefficient (Wildman–Crippen LogP) is 0.375. The van der Waals surface area contributed by atoms with E-state index in [0.717, 1.165) is 0 Å². The summed E-state index contributed by atoms with van der Waals surface area (Å²) in [6, 6.07) is 3.47. The van der Waals surface area contributed by atoms with Crippen LogP contribution in [-0.4, -0.2) is 23.8 Å². The molecule has 0 radical (unpaired) electrons. The summed E-state index contributed by atoms with van der Waals surface area (Å²) in [6.07, 6.45) is 0.793. The Bertz CT molecular complexity index is 265. The molecule has 0 bridgehead atoms. The van der Waals surface area contributed by atoms with Crippen LogP contribution in [-0.2, 0) is 4.74 Å². The molecule has 1 aliphatic rings. The molecule has 58 valence electrons. The molecule has 0 amide bonds. The maximum atomic E-state index is 8.94. The molecule has 1 aliphatic heterocycles. The molecule has 4 heteroatoms. The Balaban J connectivity index is 2.25. The number of nitrogens with zero attached hydrogens (tertiary/aromatic N) is 1. The SMILES string of the molecule is OC1COC(c2ccco2)=N1. The third-order valence-electron chi connectivity index (χ3n) is 1.37. The number of furan rings is 1. The van der Waals surface area contributed by atoms with E-state index in [-0.39, 0.29) is 6.61 Å². The van der Waals surface area contributed by atoms with Gasteiger partial charge in [-0.3, -0.25) is 0 Å². The first kappa shape index (κ1) is 6.42. The molecule has 0 fully saturated rings. The van der Waals surface area contributed by atoms with Gasteiger partial charge in [-0.2, -0.15) is 0 Å². The topological polar surface area (TPSA) is 55.0 Å². The van der Waals surface area contributed by atoms with E-state index in [0.29, 0.717) is 11.7 Å². The summed E-state index contributed by atoms with van der Waals surface area (Å²) in [7, 11) is 0. The van der Waals surface area contributed by atoms with E-state index in [1.807, 2.05) is 0 Å². The monoisotopic (exact) mass is 153 g/mol. The number of ether oxygens (including phenoxy) is 1. The zero-order valence-electron chi connectivity index (χ0n) is 5.73. The second kappa shape index (κ2) is 2.39. The molecule has 1 unspecified atom stereocenters. The fourth-order valence-corrected chi connectivity index (χ4v) is 0.898. The van der Waals surface area contributed by atoms with Crippen LogP contribution in [0.2, 0.25) is 0 Å². The largest absolute Gasteiger partial charge is 0.470 e. The molecule has 2 heterocycles. The second-order valence-corrected chi connectivity index (χ2v) is 2.20. The van der Waals surface area contributed by atoms with Crippen molar-refractivity contribution >= 4 is 5.90 Å². The molecular formula is C7H7NO3. The van der Waals surface area contributed by atoms with Crippen LogP contribution < -0.4 is 0 Å². The Morgan fingerprint density at radius 1 is 1.64 bits per heavy atom. The Morgan fingerprint density at radius 2 is 2.55 bits per heavy atom. The van der Waals surface area contributed by atoms with Gasteiger partial charge in [0.25, 0.3) is 5.90 Å². The number of hydrogen-bond acceptors (Lipinski definition) is 4. The van der Waals surface area contributed by atoms with Gasteiger partial charge in [0.15, 0.2) is 12.0 Å². The molecule has 1 N–H and O–H groups in total. The van der Waals surface area contributed by atoms with Crippen LogP contribution in [0.4, 0.5) is 0 Å². The normalized spacial score (nSPS) is 23.0. The number of aliphatic imine (C=N–C) groups is 1. The average Bonchev–Trinajstić information content (AvgIpc) is 2.55. The van der Waals surface area contributed by atoms with Gasteiger partial charge in [-0.15, -0.1) is 0 Å². The molecule has 1 aromatic rings. The molecule has 1 aromatic heterocycles. The minimum absolute atomic E-state index is 0.218. The highest BCUT2D eigenvalue weighted by Gasteiger charge is 2.18. The average molecular weight is 153 g/mol. The van der Waals surface area contributed by atoms with Gasteiger partial charge in [0.2, 0.25) is 0 Å². The van der Waals surface area contributed by atoms with Crippen molar-refractivity contribution in [1.82, 2.24) is 0 Å². The van der Waals surface area contributed by atoms with Crippen LogP contribution in [0.1, 0.15) is 5.76 Å². The van der Waals surface area contributed by atoms with Crippen molar-refractivity contribution in [3.8, 4) is 0 Å². The summed E-state index contributed by atoms with van der Waals surface area (Å²) >= 11 is 0. The predicted molar refractivity (Wildman–Crippen MR) is 37.2 cm³/mol. The van der Waals surface area contributed by atoms with Crippen molar-refractivity contribution in [2.45, 2.75) is 6.23 Å². The first-order valence-electron chi connectivity index (χ1n) is 3.29. The standard InChI is InChI=1S/C7H7NO3/c9-6-4-11-7(8-6)5-2-1-3-10-5/h1-3,6,9H,4H2. The van der Waals surface area contributed by atoms with Crippen molar-refractivity contribution in [2.24, 2.45) is 4.99 Å². The molecule has 11 heavy (non-hydrogen) atoms. The van der Waals surface area contributed by atoms with Gasteiger partial charge in [0.05, 0.1) is 6.26 Å². The Morgan fingerprint density at radius 3 is 3.09 bits per heavy atom. The Labute approximate surface area is 63.1 Å². The molecule has 1 atom stereocenters. The van der Waals surface area contributed by atoms with Crippen molar-refractivity contribution < 1.29 is 14.3 Å². The fourth-order valence-electron chi connectivity index (χ4n) is 0.898. The Hall–Kier alpha value is -1.29. The first-order chi connectivity index (χ1) is 5.36. The lowest BCUT2D eigenvalue weighted by Crippen LogP contribution is -2.03. The van der Waals surface area contributed by atoms with Gasteiger partial charge in [-0.1, -0.05) is 0 Å². The number of hydrogen-bond donors (Lipinski definition) is 1. The van der Waals surface area contributed by atoms with Gasteiger partial charge in [-0.05, 0) is 12.1 Å². The zero-order valence-corrected chi connectivity index (χ0v) is 5.73. The van der Waals surface area contributed by atoms with E-state index < -0.39 is 6.23 Å². The van der Waals surface area contributed by atoms with Crippen LogP contribution in [0.5, 0.6) is 0 Å². The quantitative estimate of drug-likeness (QED) is 0.634. The maximum Gasteiger partial charge on any atom is 0.255 e. The summed E-state index contributed by atoms with van der Waals surface area (Å²) < 4.78 is 10.0. The van der Waals surface area contributed by atoms with Crippen LogP contribution in [0.15, 0.2) is 27.8 Å². The van der Waals surface area contributed by atoms with Gasteiger partial charge < -0.3 is 14.3 Å². The molecular weight excluding hydrogens is 146 g/mol. The Kier molecular flexibility index (Phi) is 1.40. The van der Waals surface area contributed by atoms with E-state index in [1.54, 1.807) is 12.1 Å². The summed E-state index contributed by atoms with van der Waals surface area (Å²) in [5, 5.41) is 8.94. The van der Waals surface area contributed by atoms with Gasteiger partial charge >= 0.3 is 0 Å². The van der Waals surface area contributed by atoms with Gasteiger partial charge in [0.1, 0.15) is 6.61 Å². The van der Waals surface area contributed by atoms with E-state index in [4.69, 9.17) is 14.3 Å². The van der Waals surface area contributed by atoms with Crippen LogP contribution >= 0.6 is 0 Å². The highest BCUT2D eigenvalue weighted by molar-refractivity contribution is 5.92. The van der Waals surface area contributed by atoms with Gasteiger partial charge in [0, 0.05) is 0 Å². The number of aliphatic hydroxyl groups excluding tert-OH is 1. The number of rotatable bonds is 1. The van der Waals surface area contributed by atoms with Gasteiger partial charge in [-0.25, -0.2) is 4.99 Å². The van der Waals surface area contributed by atoms with Crippen molar-refractivity contribution in [2.75, 3.05) is 6.61 Å². The lowest BCUT2D eigenvalue weighted by molar-refractivity contribution is 0.139. The molecule has 4 nitrogen and oxygen atoms in total. The molecule has 0 saturated carbocycles.